The Morgan fingerprint density at radius 1 is 1.35 bits per heavy atom. The molecule has 1 aliphatic carbocycles. The fraction of sp³-hybridized carbons (Fsp3) is 0.467. The van der Waals surface area contributed by atoms with Gasteiger partial charge in [-0.25, -0.2) is 9.78 Å². The van der Waals surface area contributed by atoms with Crippen molar-refractivity contribution in [3.8, 4) is 0 Å². The number of hydrogen-bond acceptors (Lipinski definition) is 7. The van der Waals surface area contributed by atoms with Crippen LogP contribution in [0.15, 0.2) is 4.79 Å². The maximum atomic E-state index is 12.8. The van der Waals surface area contributed by atoms with E-state index in [1.54, 1.807) is 6.92 Å². The molecule has 2 aromatic heterocycles. The molecule has 2 heterocycles. The number of thiophene rings is 1. The Labute approximate surface area is 135 Å². The second-order valence-electron chi connectivity index (χ2n) is 5.31. The first kappa shape index (κ1) is 15.7. The molecule has 122 valence electrons. The van der Waals surface area contributed by atoms with E-state index in [4.69, 9.17) is 4.74 Å². The third-order valence-electron chi connectivity index (χ3n) is 3.82. The first-order chi connectivity index (χ1) is 11.0. The Kier molecular flexibility index (Phi) is 4.16. The van der Waals surface area contributed by atoms with Crippen molar-refractivity contribution in [3.63, 3.8) is 0 Å². The van der Waals surface area contributed by atoms with E-state index in [1.807, 2.05) is 0 Å². The van der Waals surface area contributed by atoms with Crippen molar-refractivity contribution in [2.45, 2.75) is 39.2 Å². The summed E-state index contributed by atoms with van der Waals surface area (Å²) in [6.45, 7) is 1.01. The molecule has 0 saturated heterocycles. The van der Waals surface area contributed by atoms with Gasteiger partial charge >= 0.3 is 5.97 Å². The molecule has 0 atom stereocenters. The van der Waals surface area contributed by atoms with Gasteiger partial charge in [-0.2, -0.15) is 0 Å². The van der Waals surface area contributed by atoms with Crippen LogP contribution >= 0.6 is 11.3 Å². The highest BCUT2D eigenvalue weighted by atomic mass is 32.1. The third-order valence-corrected chi connectivity index (χ3v) is 5.01. The van der Waals surface area contributed by atoms with E-state index >= 15 is 0 Å². The molecule has 0 aromatic carbocycles. The highest BCUT2D eigenvalue weighted by Gasteiger charge is 2.24. The van der Waals surface area contributed by atoms with Crippen molar-refractivity contribution >= 4 is 33.5 Å². The van der Waals surface area contributed by atoms with Crippen LogP contribution in [0.2, 0.25) is 0 Å². The zero-order valence-electron chi connectivity index (χ0n) is 12.6. The molecule has 2 aromatic rings. The number of fused-ring (bicyclic) bond motifs is 3. The summed E-state index contributed by atoms with van der Waals surface area (Å²) in [5.74, 6) is -2.55. The monoisotopic (exact) mass is 335 g/mol. The Hall–Kier alpha value is -2.22. The smallest absolute Gasteiger partial charge is 0.374 e. The number of rotatable bonds is 4. The minimum absolute atomic E-state index is 0.110. The summed E-state index contributed by atoms with van der Waals surface area (Å²) >= 11 is 1.40. The lowest BCUT2D eigenvalue weighted by Crippen LogP contribution is -2.36. The van der Waals surface area contributed by atoms with Crippen molar-refractivity contribution in [1.82, 2.24) is 9.55 Å². The van der Waals surface area contributed by atoms with Crippen molar-refractivity contribution in [2.24, 2.45) is 0 Å². The normalized spacial score (nSPS) is 13.8. The Morgan fingerprint density at radius 3 is 2.78 bits per heavy atom. The van der Waals surface area contributed by atoms with Gasteiger partial charge in [0.25, 0.3) is 5.56 Å². The van der Waals surface area contributed by atoms with Gasteiger partial charge in [-0.15, -0.1) is 11.3 Å². The van der Waals surface area contributed by atoms with E-state index in [0.717, 1.165) is 40.7 Å². The first-order valence-electron chi connectivity index (χ1n) is 7.45. The zero-order valence-corrected chi connectivity index (χ0v) is 13.4. The molecule has 0 spiro atoms. The number of carboxylic acid groups (broad SMARTS) is 1. The number of carbonyl (C=O) groups excluding carboxylic acids is 2. The molecule has 7 nitrogen and oxygen atoms in total. The highest BCUT2D eigenvalue weighted by molar-refractivity contribution is 7.18. The zero-order chi connectivity index (χ0) is 16.6. The Balaban J connectivity index is 2.27. The molecule has 0 N–H and O–H groups in total. The topological polar surface area (TPSA) is 101 Å². The molecular weight excluding hydrogens is 320 g/mol. The molecule has 23 heavy (non-hydrogen) atoms. The fourth-order valence-corrected chi connectivity index (χ4v) is 4.12. The minimum Gasteiger partial charge on any atom is -0.548 e. The third kappa shape index (κ3) is 2.74. The van der Waals surface area contributed by atoms with Crippen molar-refractivity contribution in [2.75, 3.05) is 6.61 Å². The number of aromatic nitrogens is 2. The highest BCUT2D eigenvalue weighted by Crippen LogP contribution is 2.33. The molecule has 0 amide bonds. The summed E-state index contributed by atoms with van der Waals surface area (Å²) in [5.41, 5.74) is 0.429. The van der Waals surface area contributed by atoms with E-state index in [1.165, 1.54) is 11.3 Å². The number of aliphatic carboxylic acids is 1. The van der Waals surface area contributed by atoms with Crippen molar-refractivity contribution in [3.05, 3.63) is 26.6 Å². The first-order valence-corrected chi connectivity index (χ1v) is 8.26. The van der Waals surface area contributed by atoms with Gasteiger partial charge in [0.2, 0.25) is 5.82 Å². The van der Waals surface area contributed by atoms with Crippen LogP contribution in [0.5, 0.6) is 0 Å². The van der Waals surface area contributed by atoms with Crippen LogP contribution in [0, 0.1) is 0 Å². The summed E-state index contributed by atoms with van der Waals surface area (Å²) in [7, 11) is 0. The predicted octanol–water partition coefficient (Wildman–Crippen LogP) is 0.263. The van der Waals surface area contributed by atoms with E-state index in [0.29, 0.717) is 10.2 Å². The van der Waals surface area contributed by atoms with Crippen molar-refractivity contribution in [1.29, 1.82) is 0 Å². The van der Waals surface area contributed by atoms with Gasteiger partial charge in [-0.3, -0.25) is 9.36 Å². The Bertz CT molecular complexity index is 852. The van der Waals surface area contributed by atoms with Gasteiger partial charge in [-0.05, 0) is 38.2 Å². The second kappa shape index (κ2) is 6.11. The molecule has 8 heteroatoms. The van der Waals surface area contributed by atoms with Crippen molar-refractivity contribution < 1.29 is 19.4 Å². The minimum atomic E-state index is -1.46. The van der Waals surface area contributed by atoms with Gasteiger partial charge in [-0.1, -0.05) is 0 Å². The number of aryl methyl sites for hydroxylation is 2. The SMILES string of the molecule is CCOC(=O)c1nc2sc3c(c2c(=O)n1CC(=O)[O-])CCCC3. The van der Waals surface area contributed by atoms with Crippen LogP contribution in [-0.2, 0) is 28.9 Å². The standard InChI is InChI=1S/C15H16N2O5S/c1-2-22-15(21)12-16-13-11(14(20)17(12)7-10(18)19)8-5-3-4-6-9(8)23-13/h2-7H2,1H3,(H,18,19)/p-1. The van der Waals surface area contributed by atoms with Crippen LogP contribution < -0.4 is 10.7 Å². The molecule has 0 radical (unpaired) electrons. The number of esters is 1. The number of carbonyl (C=O) groups is 2. The summed E-state index contributed by atoms with van der Waals surface area (Å²) < 4.78 is 5.73. The molecule has 0 fully saturated rings. The average molecular weight is 335 g/mol. The molecule has 0 unspecified atom stereocenters. The van der Waals surface area contributed by atoms with E-state index in [2.05, 4.69) is 4.98 Å². The molecule has 0 aliphatic heterocycles. The molecular formula is C15H15N2O5S-. The quantitative estimate of drug-likeness (QED) is 0.743. The van der Waals surface area contributed by atoms with Gasteiger partial charge in [0.05, 0.1) is 24.5 Å². The summed E-state index contributed by atoms with van der Waals surface area (Å²) in [4.78, 5) is 41.6. The van der Waals surface area contributed by atoms with Crippen LogP contribution in [0.3, 0.4) is 0 Å². The summed E-state index contributed by atoms with van der Waals surface area (Å²) in [6, 6.07) is 0. The number of carboxylic acids is 1. The van der Waals surface area contributed by atoms with Crippen LogP contribution in [0.25, 0.3) is 10.2 Å². The lowest BCUT2D eigenvalue weighted by molar-refractivity contribution is -0.306. The fourth-order valence-electron chi connectivity index (χ4n) is 2.87. The molecule has 0 bridgehead atoms. The largest absolute Gasteiger partial charge is 0.548 e. The number of nitrogens with zero attached hydrogens (tertiary/aromatic N) is 2. The van der Waals surface area contributed by atoms with Gasteiger partial charge in [0.1, 0.15) is 4.83 Å². The maximum absolute atomic E-state index is 12.8. The summed E-state index contributed by atoms with van der Waals surface area (Å²) in [6.07, 6.45) is 3.69. The summed E-state index contributed by atoms with van der Waals surface area (Å²) in [5, 5.41) is 11.4. The van der Waals surface area contributed by atoms with E-state index in [-0.39, 0.29) is 12.4 Å². The van der Waals surface area contributed by atoms with Crippen LogP contribution in [0.1, 0.15) is 40.8 Å². The number of hydrogen-bond donors (Lipinski definition) is 0. The van der Waals surface area contributed by atoms with E-state index in [9.17, 15) is 19.5 Å². The number of ether oxygens (including phenoxy) is 1. The molecule has 1 aliphatic rings. The maximum Gasteiger partial charge on any atom is 0.374 e. The van der Waals surface area contributed by atoms with Crippen LogP contribution in [-0.4, -0.2) is 28.1 Å². The van der Waals surface area contributed by atoms with Gasteiger partial charge in [0, 0.05) is 4.88 Å². The molecule has 3 rings (SSSR count). The lowest BCUT2D eigenvalue weighted by Gasteiger charge is -2.13. The molecule has 0 saturated carbocycles. The Morgan fingerprint density at radius 2 is 2.09 bits per heavy atom. The predicted molar refractivity (Wildman–Crippen MR) is 81.5 cm³/mol. The van der Waals surface area contributed by atoms with Gasteiger partial charge in [0.15, 0.2) is 0 Å². The van der Waals surface area contributed by atoms with E-state index < -0.39 is 24.0 Å². The van der Waals surface area contributed by atoms with Gasteiger partial charge < -0.3 is 14.6 Å². The lowest BCUT2D eigenvalue weighted by atomic mass is 9.97. The second-order valence-corrected chi connectivity index (χ2v) is 6.39. The average Bonchev–Trinajstić information content (AvgIpc) is 2.88. The van der Waals surface area contributed by atoms with Crippen LogP contribution in [0.4, 0.5) is 0 Å².